The standard InChI is InChI=1S/C21H20FN3O6S/c22-19-7-6-17(32(28,29)24-10-12-30-13-11-24)14-18(19)21(27)31-15-20(26)25(9-8-23)16-4-2-1-3-5-16/h1-7,14H,9-13,15H2. The van der Waals surface area contributed by atoms with Gasteiger partial charge in [-0.3, -0.25) is 9.69 Å². The summed E-state index contributed by atoms with van der Waals surface area (Å²) in [4.78, 5) is 25.7. The molecule has 2 aromatic carbocycles. The molecule has 3 rings (SSSR count). The lowest BCUT2D eigenvalue weighted by Crippen LogP contribution is -2.40. The predicted octanol–water partition coefficient (Wildman–Crippen LogP) is 1.56. The molecule has 1 heterocycles. The van der Waals surface area contributed by atoms with Crippen LogP contribution in [0, 0.1) is 17.1 Å². The number of hydrogen-bond donors (Lipinski definition) is 0. The number of halogens is 1. The van der Waals surface area contributed by atoms with Gasteiger partial charge in [0.05, 0.1) is 29.7 Å². The Morgan fingerprint density at radius 2 is 1.84 bits per heavy atom. The van der Waals surface area contributed by atoms with Crippen molar-refractivity contribution in [3.8, 4) is 6.07 Å². The topological polar surface area (TPSA) is 117 Å². The Balaban J connectivity index is 1.74. The monoisotopic (exact) mass is 461 g/mol. The number of nitriles is 1. The Labute approximate surface area is 184 Å². The third-order valence-corrected chi connectivity index (χ3v) is 6.58. The minimum atomic E-state index is -3.96. The summed E-state index contributed by atoms with van der Waals surface area (Å²) in [6.07, 6.45) is 0. The molecule has 0 aromatic heterocycles. The van der Waals surface area contributed by atoms with Crippen LogP contribution in [-0.2, 0) is 24.3 Å². The number of benzene rings is 2. The van der Waals surface area contributed by atoms with Gasteiger partial charge in [-0.2, -0.15) is 9.57 Å². The summed E-state index contributed by atoms with van der Waals surface area (Å²) in [5.74, 6) is -2.87. The van der Waals surface area contributed by atoms with E-state index in [4.69, 9.17) is 14.7 Å². The first-order chi connectivity index (χ1) is 15.3. The second-order valence-corrected chi connectivity index (χ2v) is 8.65. The van der Waals surface area contributed by atoms with Crippen molar-refractivity contribution in [3.63, 3.8) is 0 Å². The Morgan fingerprint density at radius 3 is 2.50 bits per heavy atom. The van der Waals surface area contributed by atoms with E-state index in [2.05, 4.69) is 0 Å². The van der Waals surface area contributed by atoms with Crippen LogP contribution < -0.4 is 4.90 Å². The van der Waals surface area contributed by atoms with Gasteiger partial charge in [-0.25, -0.2) is 17.6 Å². The van der Waals surface area contributed by atoms with Crippen LogP contribution in [0.4, 0.5) is 10.1 Å². The van der Waals surface area contributed by atoms with Gasteiger partial charge in [0.1, 0.15) is 12.4 Å². The Kier molecular flexibility index (Phi) is 7.53. The predicted molar refractivity (Wildman–Crippen MR) is 111 cm³/mol. The molecule has 11 heteroatoms. The van der Waals surface area contributed by atoms with E-state index in [9.17, 15) is 22.4 Å². The van der Waals surface area contributed by atoms with E-state index in [0.29, 0.717) is 5.69 Å². The van der Waals surface area contributed by atoms with Crippen molar-refractivity contribution in [2.45, 2.75) is 4.90 Å². The maximum atomic E-state index is 14.3. The largest absolute Gasteiger partial charge is 0.452 e. The summed E-state index contributed by atoms with van der Waals surface area (Å²) in [7, 11) is -3.96. The van der Waals surface area contributed by atoms with Crippen LogP contribution in [0.5, 0.6) is 0 Å². The van der Waals surface area contributed by atoms with Gasteiger partial charge in [-0.05, 0) is 30.3 Å². The van der Waals surface area contributed by atoms with E-state index in [1.54, 1.807) is 30.3 Å². The highest BCUT2D eigenvalue weighted by Gasteiger charge is 2.28. The lowest BCUT2D eigenvalue weighted by atomic mass is 10.2. The highest BCUT2D eigenvalue weighted by atomic mass is 32.2. The fourth-order valence-corrected chi connectivity index (χ4v) is 4.48. The summed E-state index contributed by atoms with van der Waals surface area (Å²) in [5, 5.41) is 8.98. The van der Waals surface area contributed by atoms with Crippen molar-refractivity contribution >= 4 is 27.6 Å². The number of nitrogens with zero attached hydrogens (tertiary/aromatic N) is 3. The summed E-state index contributed by atoms with van der Waals surface area (Å²) in [5.41, 5.74) is -0.182. The zero-order valence-electron chi connectivity index (χ0n) is 16.9. The van der Waals surface area contributed by atoms with E-state index >= 15 is 0 Å². The van der Waals surface area contributed by atoms with Crippen molar-refractivity contribution in [2.75, 3.05) is 44.4 Å². The van der Waals surface area contributed by atoms with Gasteiger partial charge in [0, 0.05) is 18.8 Å². The van der Waals surface area contributed by atoms with Crippen LogP contribution >= 0.6 is 0 Å². The number of morpholine rings is 1. The van der Waals surface area contributed by atoms with E-state index in [1.807, 2.05) is 6.07 Å². The van der Waals surface area contributed by atoms with Crippen LogP contribution in [0.1, 0.15) is 10.4 Å². The van der Waals surface area contributed by atoms with Gasteiger partial charge >= 0.3 is 5.97 Å². The molecule has 1 fully saturated rings. The van der Waals surface area contributed by atoms with Crippen molar-refractivity contribution < 1.29 is 31.9 Å². The van der Waals surface area contributed by atoms with Gasteiger partial charge < -0.3 is 9.47 Å². The van der Waals surface area contributed by atoms with E-state index in [-0.39, 0.29) is 37.7 Å². The molecule has 9 nitrogen and oxygen atoms in total. The molecule has 0 N–H and O–H groups in total. The fourth-order valence-electron chi connectivity index (χ4n) is 3.04. The second kappa shape index (κ2) is 10.3. The van der Waals surface area contributed by atoms with Crippen molar-refractivity contribution in [1.29, 1.82) is 5.26 Å². The zero-order chi connectivity index (χ0) is 23.1. The molecule has 0 aliphatic carbocycles. The van der Waals surface area contributed by atoms with Gasteiger partial charge in [0.15, 0.2) is 6.61 Å². The molecule has 0 bridgehead atoms. The van der Waals surface area contributed by atoms with Crippen LogP contribution in [0.3, 0.4) is 0 Å². The molecule has 1 aliphatic heterocycles. The quantitative estimate of drug-likeness (QED) is 0.454. The number of hydrogen-bond acceptors (Lipinski definition) is 7. The maximum Gasteiger partial charge on any atom is 0.341 e. The molecular formula is C21H20FN3O6S. The lowest BCUT2D eigenvalue weighted by molar-refractivity contribution is -0.121. The smallest absolute Gasteiger partial charge is 0.341 e. The summed E-state index contributed by atoms with van der Waals surface area (Å²) < 4.78 is 51.0. The minimum absolute atomic E-state index is 0.141. The molecule has 1 amide bonds. The summed E-state index contributed by atoms with van der Waals surface area (Å²) >= 11 is 0. The molecule has 168 valence electrons. The molecule has 1 saturated heterocycles. The third kappa shape index (κ3) is 5.28. The number of anilines is 1. The first kappa shape index (κ1) is 23.3. The summed E-state index contributed by atoms with van der Waals surface area (Å²) in [6.45, 7) is -0.280. The number of sulfonamides is 1. The Bertz CT molecular complexity index is 1130. The summed E-state index contributed by atoms with van der Waals surface area (Å²) in [6, 6.07) is 13.0. The van der Waals surface area contributed by atoms with Crippen LogP contribution in [0.2, 0.25) is 0 Å². The van der Waals surface area contributed by atoms with Gasteiger partial charge in [0.25, 0.3) is 5.91 Å². The minimum Gasteiger partial charge on any atom is -0.452 e. The average molecular weight is 461 g/mol. The number of ether oxygens (including phenoxy) is 2. The van der Waals surface area contributed by atoms with Crippen molar-refractivity contribution in [3.05, 3.63) is 59.9 Å². The second-order valence-electron chi connectivity index (χ2n) is 6.71. The lowest BCUT2D eigenvalue weighted by Gasteiger charge is -2.26. The van der Waals surface area contributed by atoms with Crippen LogP contribution in [-0.4, -0.2) is 64.1 Å². The molecule has 0 unspecified atom stereocenters. The number of carbonyl (C=O) groups excluding carboxylic acids is 2. The third-order valence-electron chi connectivity index (χ3n) is 4.69. The number of rotatable bonds is 7. The molecule has 2 aromatic rings. The SMILES string of the molecule is N#CCN(C(=O)COC(=O)c1cc(S(=O)(=O)N2CCOCC2)ccc1F)c1ccccc1. The first-order valence-corrected chi connectivity index (χ1v) is 11.1. The zero-order valence-corrected chi connectivity index (χ0v) is 17.8. The fraction of sp³-hybridized carbons (Fsp3) is 0.286. The van der Waals surface area contributed by atoms with E-state index < -0.39 is 39.9 Å². The van der Waals surface area contributed by atoms with E-state index in [1.165, 1.54) is 4.31 Å². The normalized spacial score (nSPS) is 14.4. The van der Waals surface area contributed by atoms with Gasteiger partial charge in [0.2, 0.25) is 10.0 Å². The number of carbonyl (C=O) groups is 2. The molecule has 1 aliphatic rings. The molecule has 0 atom stereocenters. The van der Waals surface area contributed by atoms with Crippen molar-refractivity contribution in [1.82, 2.24) is 4.31 Å². The van der Waals surface area contributed by atoms with Gasteiger partial charge in [-0.1, -0.05) is 18.2 Å². The Hall–Kier alpha value is -3.33. The van der Waals surface area contributed by atoms with E-state index in [0.717, 1.165) is 23.1 Å². The molecule has 0 radical (unpaired) electrons. The number of esters is 1. The highest BCUT2D eigenvalue weighted by Crippen LogP contribution is 2.21. The van der Waals surface area contributed by atoms with Gasteiger partial charge in [-0.15, -0.1) is 0 Å². The average Bonchev–Trinajstić information content (AvgIpc) is 2.82. The van der Waals surface area contributed by atoms with Crippen molar-refractivity contribution in [2.24, 2.45) is 0 Å². The molecule has 0 spiro atoms. The highest BCUT2D eigenvalue weighted by molar-refractivity contribution is 7.89. The molecule has 0 saturated carbocycles. The Morgan fingerprint density at radius 1 is 1.16 bits per heavy atom. The number of amides is 1. The molecular weight excluding hydrogens is 441 g/mol. The van der Waals surface area contributed by atoms with Crippen LogP contribution in [0.25, 0.3) is 0 Å². The maximum absolute atomic E-state index is 14.3. The first-order valence-electron chi connectivity index (χ1n) is 9.61. The molecule has 32 heavy (non-hydrogen) atoms. The number of para-hydroxylation sites is 1. The van der Waals surface area contributed by atoms with Crippen LogP contribution in [0.15, 0.2) is 53.4 Å².